The van der Waals surface area contributed by atoms with Crippen LogP contribution in [0.3, 0.4) is 0 Å². The molecule has 1 aliphatic rings. The summed E-state index contributed by atoms with van der Waals surface area (Å²) in [7, 11) is 0. The molecule has 0 radical (unpaired) electrons. The number of likely N-dealkylation sites (tertiary alicyclic amines) is 1. The second-order valence-corrected chi connectivity index (χ2v) is 7.82. The van der Waals surface area contributed by atoms with E-state index in [1.165, 1.54) is 0 Å². The van der Waals surface area contributed by atoms with Gasteiger partial charge >= 0.3 is 0 Å². The molecular weight excluding hydrogens is 302 g/mol. The number of para-hydroxylation sites is 2. The Hall–Kier alpha value is -1.71. The summed E-state index contributed by atoms with van der Waals surface area (Å²) in [5.41, 5.74) is -0.353. The summed E-state index contributed by atoms with van der Waals surface area (Å²) in [5, 5.41) is 0. The third kappa shape index (κ3) is 4.89. The van der Waals surface area contributed by atoms with Crippen molar-refractivity contribution in [2.45, 2.75) is 66.0 Å². The fourth-order valence-corrected chi connectivity index (χ4v) is 2.98. The van der Waals surface area contributed by atoms with Crippen LogP contribution in [0.15, 0.2) is 24.3 Å². The van der Waals surface area contributed by atoms with Gasteiger partial charge in [-0.25, -0.2) is 0 Å². The SMILES string of the molecule is CC(C)Oc1ccccc1OCC1CCCCN1C(=O)C(C)(C)C. The molecule has 0 aliphatic carbocycles. The van der Waals surface area contributed by atoms with E-state index in [1.54, 1.807) is 0 Å². The van der Waals surface area contributed by atoms with E-state index in [9.17, 15) is 4.79 Å². The van der Waals surface area contributed by atoms with E-state index in [2.05, 4.69) is 0 Å². The average molecular weight is 333 g/mol. The average Bonchev–Trinajstić information content (AvgIpc) is 2.52. The third-order valence-electron chi connectivity index (χ3n) is 4.17. The van der Waals surface area contributed by atoms with E-state index in [4.69, 9.17) is 9.47 Å². The Balaban J connectivity index is 2.05. The van der Waals surface area contributed by atoms with Crippen LogP contribution in [-0.4, -0.2) is 36.1 Å². The minimum atomic E-state index is -0.353. The van der Waals surface area contributed by atoms with Crippen LogP contribution in [0.5, 0.6) is 11.5 Å². The molecule has 0 spiro atoms. The highest BCUT2D eigenvalue weighted by molar-refractivity contribution is 5.81. The molecule has 1 aliphatic heterocycles. The van der Waals surface area contributed by atoms with Crippen LogP contribution in [0, 0.1) is 5.41 Å². The van der Waals surface area contributed by atoms with Gasteiger partial charge in [0.2, 0.25) is 5.91 Å². The van der Waals surface area contributed by atoms with Gasteiger partial charge in [0.05, 0.1) is 12.1 Å². The molecule has 1 heterocycles. The van der Waals surface area contributed by atoms with Crippen LogP contribution in [0.2, 0.25) is 0 Å². The topological polar surface area (TPSA) is 38.8 Å². The van der Waals surface area contributed by atoms with Gasteiger partial charge in [0.15, 0.2) is 11.5 Å². The molecule has 24 heavy (non-hydrogen) atoms. The first-order valence-electron chi connectivity index (χ1n) is 8.98. The molecule has 1 aromatic carbocycles. The second kappa shape index (κ2) is 7.91. The summed E-state index contributed by atoms with van der Waals surface area (Å²) in [6.07, 6.45) is 3.32. The molecule has 4 nitrogen and oxygen atoms in total. The van der Waals surface area contributed by atoms with Crippen LogP contribution in [0.25, 0.3) is 0 Å². The Morgan fingerprint density at radius 3 is 2.50 bits per heavy atom. The van der Waals surface area contributed by atoms with Crippen LogP contribution in [0.1, 0.15) is 53.9 Å². The Bertz CT molecular complexity index is 548. The summed E-state index contributed by atoms with van der Waals surface area (Å²) in [6.45, 7) is 11.3. The van der Waals surface area contributed by atoms with Crippen LogP contribution in [-0.2, 0) is 4.79 Å². The Morgan fingerprint density at radius 2 is 1.88 bits per heavy atom. The minimum absolute atomic E-state index is 0.100. The number of carbonyl (C=O) groups excluding carboxylic acids is 1. The number of nitrogens with zero attached hydrogens (tertiary/aromatic N) is 1. The zero-order chi connectivity index (χ0) is 17.7. The monoisotopic (exact) mass is 333 g/mol. The van der Waals surface area contributed by atoms with Gasteiger partial charge in [-0.3, -0.25) is 4.79 Å². The normalized spacial score (nSPS) is 18.6. The van der Waals surface area contributed by atoms with Gasteiger partial charge in [-0.2, -0.15) is 0 Å². The van der Waals surface area contributed by atoms with Crippen molar-refractivity contribution < 1.29 is 14.3 Å². The molecule has 1 amide bonds. The highest BCUT2D eigenvalue weighted by atomic mass is 16.5. The van der Waals surface area contributed by atoms with Gasteiger partial charge < -0.3 is 14.4 Å². The van der Waals surface area contributed by atoms with Crippen LogP contribution in [0.4, 0.5) is 0 Å². The van der Waals surface area contributed by atoms with E-state index in [0.717, 1.165) is 37.3 Å². The molecule has 0 N–H and O–H groups in total. The number of amides is 1. The second-order valence-electron chi connectivity index (χ2n) is 7.82. The van der Waals surface area contributed by atoms with E-state index in [0.29, 0.717) is 6.61 Å². The molecule has 1 saturated heterocycles. The standard InChI is InChI=1S/C20H31NO3/c1-15(2)24-18-12-7-6-11-17(18)23-14-16-10-8-9-13-21(16)19(22)20(3,4)5/h6-7,11-12,15-16H,8-10,13-14H2,1-5H3. The number of ether oxygens (including phenoxy) is 2. The number of benzene rings is 1. The van der Waals surface area contributed by atoms with Crippen LogP contribution >= 0.6 is 0 Å². The molecule has 1 fully saturated rings. The van der Waals surface area contributed by atoms with Gasteiger partial charge in [0.25, 0.3) is 0 Å². The molecule has 2 rings (SSSR count). The fraction of sp³-hybridized carbons (Fsp3) is 0.650. The van der Waals surface area contributed by atoms with Gasteiger partial charge in [-0.05, 0) is 45.2 Å². The van der Waals surface area contributed by atoms with Crippen molar-refractivity contribution in [3.05, 3.63) is 24.3 Å². The molecule has 1 atom stereocenters. The molecule has 0 bridgehead atoms. The predicted molar refractivity (Wildman–Crippen MR) is 96.5 cm³/mol. The zero-order valence-electron chi connectivity index (χ0n) is 15.7. The molecule has 1 unspecified atom stereocenters. The van der Waals surface area contributed by atoms with Crippen molar-refractivity contribution in [1.29, 1.82) is 0 Å². The quantitative estimate of drug-likeness (QED) is 0.807. The smallest absolute Gasteiger partial charge is 0.228 e. The molecule has 0 saturated carbocycles. The maximum absolute atomic E-state index is 12.7. The third-order valence-corrected chi connectivity index (χ3v) is 4.17. The number of carbonyl (C=O) groups is 1. The summed E-state index contributed by atoms with van der Waals surface area (Å²) in [4.78, 5) is 14.7. The molecular formula is C20H31NO3. The van der Waals surface area contributed by atoms with E-state index in [-0.39, 0.29) is 23.5 Å². The predicted octanol–water partition coefficient (Wildman–Crippen LogP) is 4.28. The van der Waals surface area contributed by atoms with Gasteiger partial charge in [0.1, 0.15) is 6.61 Å². The van der Waals surface area contributed by atoms with Crippen LogP contribution < -0.4 is 9.47 Å². The molecule has 4 heteroatoms. The summed E-state index contributed by atoms with van der Waals surface area (Å²) in [6, 6.07) is 7.88. The Morgan fingerprint density at radius 1 is 1.21 bits per heavy atom. The zero-order valence-corrected chi connectivity index (χ0v) is 15.7. The van der Waals surface area contributed by atoms with E-state index in [1.807, 2.05) is 63.8 Å². The van der Waals surface area contributed by atoms with E-state index < -0.39 is 0 Å². The lowest BCUT2D eigenvalue weighted by Crippen LogP contribution is -2.50. The summed E-state index contributed by atoms with van der Waals surface area (Å²) < 4.78 is 11.9. The van der Waals surface area contributed by atoms with Gasteiger partial charge in [-0.1, -0.05) is 32.9 Å². The Labute approximate surface area is 146 Å². The van der Waals surface area contributed by atoms with E-state index >= 15 is 0 Å². The highest BCUT2D eigenvalue weighted by Gasteiger charge is 2.33. The van der Waals surface area contributed by atoms with Crippen molar-refractivity contribution >= 4 is 5.91 Å². The molecule has 134 valence electrons. The Kier molecular flexibility index (Phi) is 6.14. The van der Waals surface area contributed by atoms with Crippen molar-refractivity contribution in [2.75, 3.05) is 13.2 Å². The summed E-state index contributed by atoms with van der Waals surface area (Å²) >= 11 is 0. The summed E-state index contributed by atoms with van der Waals surface area (Å²) in [5.74, 6) is 1.72. The lowest BCUT2D eigenvalue weighted by Gasteiger charge is -2.39. The van der Waals surface area contributed by atoms with Gasteiger partial charge in [0, 0.05) is 12.0 Å². The fourth-order valence-electron chi connectivity index (χ4n) is 2.98. The number of rotatable bonds is 5. The first-order chi connectivity index (χ1) is 11.3. The minimum Gasteiger partial charge on any atom is -0.488 e. The first-order valence-corrected chi connectivity index (χ1v) is 8.98. The van der Waals surface area contributed by atoms with Crippen molar-refractivity contribution in [3.63, 3.8) is 0 Å². The van der Waals surface area contributed by atoms with Crippen molar-refractivity contribution in [2.24, 2.45) is 5.41 Å². The maximum atomic E-state index is 12.7. The highest BCUT2D eigenvalue weighted by Crippen LogP contribution is 2.29. The molecule has 0 aromatic heterocycles. The largest absolute Gasteiger partial charge is 0.488 e. The van der Waals surface area contributed by atoms with Gasteiger partial charge in [-0.15, -0.1) is 0 Å². The van der Waals surface area contributed by atoms with Crippen molar-refractivity contribution in [3.8, 4) is 11.5 Å². The lowest BCUT2D eigenvalue weighted by atomic mass is 9.91. The number of hydrogen-bond donors (Lipinski definition) is 0. The number of hydrogen-bond acceptors (Lipinski definition) is 3. The number of piperidine rings is 1. The first kappa shape index (κ1) is 18.6. The molecule has 1 aromatic rings. The maximum Gasteiger partial charge on any atom is 0.228 e. The van der Waals surface area contributed by atoms with Crippen molar-refractivity contribution in [1.82, 2.24) is 4.90 Å². The lowest BCUT2D eigenvalue weighted by molar-refractivity contribution is -0.144.